The molecule has 2 nitrogen and oxygen atoms in total. The third-order valence-corrected chi connectivity index (χ3v) is 11.4. The van der Waals surface area contributed by atoms with Crippen molar-refractivity contribution in [1.29, 1.82) is 0 Å². The highest BCUT2D eigenvalue weighted by Crippen LogP contribution is 2.68. The van der Waals surface area contributed by atoms with Gasteiger partial charge in [-0.25, -0.2) is 0 Å². The molecule has 4 rings (SSSR count). The Morgan fingerprint density at radius 1 is 0.800 bits per heavy atom. The van der Waals surface area contributed by atoms with Crippen molar-refractivity contribution in [1.82, 2.24) is 0 Å². The number of hydrogen-bond donors (Lipinski definition) is 2. The van der Waals surface area contributed by atoms with E-state index in [-0.39, 0.29) is 6.10 Å². The summed E-state index contributed by atoms with van der Waals surface area (Å²) in [5, 5.41) is 21.0. The summed E-state index contributed by atoms with van der Waals surface area (Å²) in [6.07, 6.45) is 13.8. The molecule has 0 aliphatic heterocycles. The summed E-state index contributed by atoms with van der Waals surface area (Å²) in [4.78, 5) is 0. The maximum atomic E-state index is 10.7. The van der Waals surface area contributed by atoms with Crippen LogP contribution < -0.4 is 0 Å². The van der Waals surface area contributed by atoms with Gasteiger partial charge in [0.25, 0.3) is 0 Å². The molecular weight excluding hydrogens is 368 g/mol. The molecule has 4 fully saturated rings. The third kappa shape index (κ3) is 3.81. The zero-order valence-corrected chi connectivity index (χ0v) is 20.8. The normalized spacial score (nSPS) is 50.5. The fourth-order valence-corrected chi connectivity index (χ4v) is 9.37. The molecular formula is C28H50O2. The molecule has 0 radical (unpaired) electrons. The predicted molar refractivity (Wildman–Crippen MR) is 125 cm³/mol. The molecule has 0 aromatic heterocycles. The first kappa shape index (κ1) is 23.1. The van der Waals surface area contributed by atoms with Crippen LogP contribution in [0.5, 0.6) is 0 Å². The van der Waals surface area contributed by atoms with E-state index < -0.39 is 5.60 Å². The summed E-state index contributed by atoms with van der Waals surface area (Å²) in [6, 6.07) is 0. The zero-order chi connectivity index (χ0) is 21.9. The van der Waals surface area contributed by atoms with E-state index in [4.69, 9.17) is 0 Å². The molecule has 2 unspecified atom stereocenters. The fourth-order valence-electron chi connectivity index (χ4n) is 9.37. The SMILES string of the molecule is CC(C)C(O)CC[C@@H](C)[C@H]1CC[C@H]2[C@@H]3CCC4C[C@@](C)(O)CC[C@]4(C)[C@H]3CC[C@]12C. The topological polar surface area (TPSA) is 40.5 Å². The van der Waals surface area contributed by atoms with Crippen molar-refractivity contribution < 1.29 is 10.2 Å². The largest absolute Gasteiger partial charge is 0.393 e. The van der Waals surface area contributed by atoms with Crippen molar-refractivity contribution in [3.8, 4) is 0 Å². The van der Waals surface area contributed by atoms with Gasteiger partial charge in [0, 0.05) is 0 Å². The highest BCUT2D eigenvalue weighted by atomic mass is 16.3. The molecule has 0 heterocycles. The van der Waals surface area contributed by atoms with Crippen LogP contribution in [0.25, 0.3) is 0 Å². The third-order valence-electron chi connectivity index (χ3n) is 11.4. The standard InChI is InChI=1S/C28H50O2/c1-18(2)25(29)12-7-19(3)22-10-11-23-21-9-8-20-17-26(4,30)15-16-27(20,5)24(21)13-14-28(22,23)6/h18-25,29-30H,7-17H2,1-6H3/t19-,20?,21+,22-,23+,24+,25?,26+,27+,28-/m1/s1. The van der Waals surface area contributed by atoms with E-state index in [1.165, 1.54) is 51.4 Å². The lowest BCUT2D eigenvalue weighted by atomic mass is 9.43. The summed E-state index contributed by atoms with van der Waals surface area (Å²) in [7, 11) is 0. The first-order chi connectivity index (χ1) is 14.0. The Morgan fingerprint density at radius 2 is 1.50 bits per heavy atom. The van der Waals surface area contributed by atoms with E-state index in [1.54, 1.807) is 0 Å². The Balaban J connectivity index is 1.46. The molecule has 2 heteroatoms. The van der Waals surface area contributed by atoms with E-state index in [9.17, 15) is 10.2 Å². The molecule has 30 heavy (non-hydrogen) atoms. The van der Waals surface area contributed by atoms with Gasteiger partial charge in [-0.1, -0.05) is 34.6 Å². The highest BCUT2D eigenvalue weighted by molar-refractivity contribution is 5.10. The van der Waals surface area contributed by atoms with Crippen LogP contribution in [0.4, 0.5) is 0 Å². The van der Waals surface area contributed by atoms with Crippen molar-refractivity contribution in [2.24, 2.45) is 52.3 Å². The zero-order valence-electron chi connectivity index (χ0n) is 20.8. The van der Waals surface area contributed by atoms with Gasteiger partial charge in [-0.2, -0.15) is 0 Å². The molecule has 4 aliphatic carbocycles. The van der Waals surface area contributed by atoms with Crippen LogP contribution in [-0.2, 0) is 0 Å². The molecule has 0 aromatic rings. The molecule has 174 valence electrons. The van der Waals surface area contributed by atoms with Gasteiger partial charge in [-0.3, -0.25) is 0 Å². The Morgan fingerprint density at radius 3 is 2.20 bits per heavy atom. The van der Waals surface area contributed by atoms with Gasteiger partial charge in [-0.15, -0.1) is 0 Å². The molecule has 4 aliphatic rings. The minimum absolute atomic E-state index is 0.132. The molecule has 4 saturated carbocycles. The molecule has 2 N–H and O–H groups in total. The number of aliphatic hydroxyl groups is 2. The molecule has 0 aromatic carbocycles. The molecule has 10 atom stereocenters. The Kier molecular flexibility index (Phi) is 6.20. The lowest BCUT2D eigenvalue weighted by molar-refractivity contribution is -0.148. The maximum Gasteiger partial charge on any atom is 0.0622 e. The Hall–Kier alpha value is -0.0800. The van der Waals surface area contributed by atoms with E-state index >= 15 is 0 Å². The van der Waals surface area contributed by atoms with Gasteiger partial charge in [0.1, 0.15) is 0 Å². The van der Waals surface area contributed by atoms with Crippen molar-refractivity contribution in [3.63, 3.8) is 0 Å². The van der Waals surface area contributed by atoms with Crippen molar-refractivity contribution in [3.05, 3.63) is 0 Å². The first-order valence-electron chi connectivity index (χ1n) is 13.4. The Labute approximate surface area is 186 Å². The van der Waals surface area contributed by atoms with Gasteiger partial charge >= 0.3 is 0 Å². The van der Waals surface area contributed by atoms with Crippen LogP contribution in [0.15, 0.2) is 0 Å². The molecule has 0 amide bonds. The second-order valence-corrected chi connectivity index (χ2v) is 13.5. The number of rotatable bonds is 5. The molecule has 0 bridgehead atoms. The second kappa shape index (κ2) is 8.05. The molecule has 0 spiro atoms. The summed E-state index contributed by atoms with van der Waals surface area (Å²) in [5.41, 5.74) is 0.568. The minimum atomic E-state index is -0.422. The smallest absolute Gasteiger partial charge is 0.0622 e. The maximum absolute atomic E-state index is 10.7. The van der Waals surface area contributed by atoms with Gasteiger partial charge in [-0.05, 0) is 130 Å². The van der Waals surface area contributed by atoms with Gasteiger partial charge < -0.3 is 10.2 Å². The lowest BCUT2D eigenvalue weighted by Gasteiger charge is -2.62. The average Bonchev–Trinajstić information content (AvgIpc) is 3.03. The average molecular weight is 419 g/mol. The highest BCUT2D eigenvalue weighted by Gasteiger charge is 2.61. The fraction of sp³-hybridized carbons (Fsp3) is 1.00. The van der Waals surface area contributed by atoms with Crippen LogP contribution in [0.2, 0.25) is 0 Å². The quantitative estimate of drug-likeness (QED) is 0.513. The van der Waals surface area contributed by atoms with Crippen LogP contribution in [0.1, 0.15) is 112 Å². The van der Waals surface area contributed by atoms with E-state index in [1.807, 2.05) is 0 Å². The van der Waals surface area contributed by atoms with E-state index in [2.05, 4.69) is 41.5 Å². The number of fused-ring (bicyclic) bond motifs is 5. The minimum Gasteiger partial charge on any atom is -0.393 e. The van der Waals surface area contributed by atoms with E-state index in [0.29, 0.717) is 16.7 Å². The lowest BCUT2D eigenvalue weighted by Crippen LogP contribution is -2.55. The monoisotopic (exact) mass is 418 g/mol. The van der Waals surface area contributed by atoms with Crippen LogP contribution in [-0.4, -0.2) is 21.9 Å². The molecule has 0 saturated heterocycles. The summed E-state index contributed by atoms with van der Waals surface area (Å²) in [6.45, 7) is 14.1. The van der Waals surface area contributed by atoms with Crippen molar-refractivity contribution >= 4 is 0 Å². The van der Waals surface area contributed by atoms with Gasteiger partial charge in [0.2, 0.25) is 0 Å². The summed E-state index contributed by atoms with van der Waals surface area (Å²) < 4.78 is 0. The second-order valence-electron chi connectivity index (χ2n) is 13.5. The predicted octanol–water partition coefficient (Wildman–Crippen LogP) is 6.83. The summed E-state index contributed by atoms with van der Waals surface area (Å²) >= 11 is 0. The number of aliphatic hydroxyl groups excluding tert-OH is 1. The van der Waals surface area contributed by atoms with Crippen molar-refractivity contribution in [2.75, 3.05) is 0 Å². The van der Waals surface area contributed by atoms with Crippen LogP contribution in [0, 0.1) is 52.3 Å². The number of hydrogen-bond acceptors (Lipinski definition) is 2. The first-order valence-corrected chi connectivity index (χ1v) is 13.4. The van der Waals surface area contributed by atoms with Crippen LogP contribution in [0.3, 0.4) is 0 Å². The summed E-state index contributed by atoms with van der Waals surface area (Å²) in [5.74, 6) is 5.43. The van der Waals surface area contributed by atoms with Gasteiger partial charge in [0.15, 0.2) is 0 Å². The van der Waals surface area contributed by atoms with Gasteiger partial charge in [0.05, 0.1) is 11.7 Å². The van der Waals surface area contributed by atoms with Crippen molar-refractivity contribution in [2.45, 2.75) is 124 Å². The Bertz CT molecular complexity index is 612. The van der Waals surface area contributed by atoms with Crippen LogP contribution >= 0.6 is 0 Å². The van der Waals surface area contributed by atoms with E-state index in [0.717, 1.165) is 54.8 Å².